The third kappa shape index (κ3) is 25.5. The van der Waals surface area contributed by atoms with E-state index in [-0.39, 0.29) is 0 Å². The molecule has 0 aromatic carbocycles. The second-order valence-corrected chi connectivity index (χ2v) is 14.6. The maximum atomic E-state index is 2.72. The number of hydrogen-bond donors (Lipinski definition) is 0. The van der Waals surface area contributed by atoms with Crippen LogP contribution in [0.25, 0.3) is 0 Å². The predicted molar refractivity (Wildman–Crippen MR) is 200 cm³/mol. The molecule has 2 heteroatoms. The van der Waals surface area contributed by atoms with Crippen LogP contribution in [0.15, 0.2) is 12.4 Å². The molecule has 1 aliphatic heterocycles. The van der Waals surface area contributed by atoms with Crippen molar-refractivity contribution in [2.24, 2.45) is 0 Å². The molecule has 1 rings (SSSR count). The lowest BCUT2D eigenvalue weighted by Gasteiger charge is -2.33. The molecule has 0 amide bonds. The van der Waals surface area contributed by atoms with E-state index >= 15 is 0 Å². The first kappa shape index (κ1) is 41.4. The Bertz CT molecular complexity index is 572. The van der Waals surface area contributed by atoms with Gasteiger partial charge in [-0.25, -0.2) is 0 Å². The van der Waals surface area contributed by atoms with Crippen LogP contribution < -0.4 is 0 Å². The van der Waals surface area contributed by atoms with Crippen molar-refractivity contribution >= 4 is 0 Å². The highest BCUT2D eigenvalue weighted by atomic mass is 15.4. The summed E-state index contributed by atoms with van der Waals surface area (Å²) < 4.78 is 0. The number of rotatable bonds is 36. The van der Waals surface area contributed by atoms with Crippen LogP contribution in [-0.4, -0.2) is 29.1 Å². The SMILES string of the molecule is CCCCCCCCCCCCCCCCCCCN1C=CN(CCCCCCCCCC)C1CCCCCCCCCC. The van der Waals surface area contributed by atoms with Gasteiger partial charge in [0.2, 0.25) is 0 Å². The van der Waals surface area contributed by atoms with Crippen molar-refractivity contribution in [1.82, 2.24) is 9.80 Å². The van der Waals surface area contributed by atoms with E-state index in [1.165, 1.54) is 231 Å². The van der Waals surface area contributed by atoms with E-state index in [4.69, 9.17) is 0 Å². The van der Waals surface area contributed by atoms with Gasteiger partial charge in [-0.3, -0.25) is 0 Å². The summed E-state index contributed by atoms with van der Waals surface area (Å²) in [5.74, 6) is 0. The number of hydrogen-bond acceptors (Lipinski definition) is 2. The molecule has 1 atom stereocenters. The number of nitrogens with zero attached hydrogens (tertiary/aromatic N) is 2. The first-order valence-corrected chi connectivity index (χ1v) is 21.0. The summed E-state index contributed by atoms with van der Waals surface area (Å²) in [5, 5.41) is 0. The molecule has 262 valence electrons. The lowest BCUT2D eigenvalue weighted by molar-refractivity contribution is 0.135. The van der Waals surface area contributed by atoms with Crippen LogP contribution >= 0.6 is 0 Å². The summed E-state index contributed by atoms with van der Waals surface area (Å²) in [7, 11) is 0. The molecule has 44 heavy (non-hydrogen) atoms. The van der Waals surface area contributed by atoms with Crippen LogP contribution in [0.3, 0.4) is 0 Å². The maximum absolute atomic E-state index is 2.72. The standard InChI is InChI=1S/C42H84N2/c1-4-7-10-13-16-19-20-21-22-23-24-25-26-27-30-33-36-39-44-41-40-43(38-35-32-29-18-15-12-9-6-3)42(44)37-34-31-28-17-14-11-8-5-2/h40-42H,4-39H2,1-3H3. The first-order chi connectivity index (χ1) is 21.8. The van der Waals surface area contributed by atoms with Crippen molar-refractivity contribution in [3.8, 4) is 0 Å². The van der Waals surface area contributed by atoms with Crippen molar-refractivity contribution in [2.45, 2.75) is 245 Å². The monoisotopic (exact) mass is 617 g/mol. The van der Waals surface area contributed by atoms with Gasteiger partial charge in [0.15, 0.2) is 0 Å². The highest BCUT2D eigenvalue weighted by Crippen LogP contribution is 2.24. The Labute approximate surface area is 280 Å². The molecule has 1 aliphatic rings. The fourth-order valence-corrected chi connectivity index (χ4v) is 7.25. The second-order valence-electron chi connectivity index (χ2n) is 14.6. The summed E-state index contributed by atoms with van der Waals surface area (Å²) in [6, 6.07) is 0. The second kappa shape index (κ2) is 33.7. The summed E-state index contributed by atoms with van der Waals surface area (Å²) in [4.78, 5) is 5.43. The highest BCUT2D eigenvalue weighted by Gasteiger charge is 2.24. The Kier molecular flexibility index (Phi) is 31.7. The van der Waals surface area contributed by atoms with Crippen LogP contribution in [0.2, 0.25) is 0 Å². The smallest absolute Gasteiger partial charge is 0.101 e. The molecule has 0 fully saturated rings. The minimum Gasteiger partial charge on any atom is -0.356 e. The fraction of sp³-hybridized carbons (Fsp3) is 0.952. The lowest BCUT2D eigenvalue weighted by Crippen LogP contribution is -2.39. The molecular weight excluding hydrogens is 532 g/mol. The Morgan fingerprint density at radius 3 is 0.795 bits per heavy atom. The van der Waals surface area contributed by atoms with E-state index in [0.717, 1.165) is 0 Å². The average molecular weight is 617 g/mol. The third-order valence-corrected chi connectivity index (χ3v) is 10.3. The zero-order valence-electron chi connectivity index (χ0n) is 31.1. The summed E-state index contributed by atoms with van der Waals surface area (Å²) in [5.41, 5.74) is 0. The average Bonchev–Trinajstić information content (AvgIpc) is 3.42. The lowest BCUT2D eigenvalue weighted by atomic mass is 10.0. The van der Waals surface area contributed by atoms with E-state index in [1.807, 2.05) is 0 Å². The third-order valence-electron chi connectivity index (χ3n) is 10.3. The minimum atomic E-state index is 0.640. The quantitative estimate of drug-likeness (QED) is 0.0646. The zero-order chi connectivity index (χ0) is 31.6. The normalized spacial score (nSPS) is 14.8. The summed E-state index contributed by atoms with van der Waals surface area (Å²) in [6.45, 7) is 9.48. The fourth-order valence-electron chi connectivity index (χ4n) is 7.25. The molecule has 0 N–H and O–H groups in total. The van der Waals surface area contributed by atoms with Crippen molar-refractivity contribution in [2.75, 3.05) is 13.1 Å². The molecule has 2 nitrogen and oxygen atoms in total. The molecule has 0 aliphatic carbocycles. The van der Waals surface area contributed by atoms with Gasteiger partial charge in [-0.1, -0.05) is 213 Å². The van der Waals surface area contributed by atoms with Gasteiger partial charge in [-0.05, 0) is 25.7 Å². The van der Waals surface area contributed by atoms with E-state index in [2.05, 4.69) is 43.0 Å². The predicted octanol–water partition coefficient (Wildman–Crippen LogP) is 14.7. The van der Waals surface area contributed by atoms with Crippen molar-refractivity contribution < 1.29 is 0 Å². The Balaban J connectivity index is 2.13. The van der Waals surface area contributed by atoms with Crippen LogP contribution in [0, 0.1) is 0 Å². The molecule has 0 spiro atoms. The summed E-state index contributed by atoms with van der Waals surface area (Å²) >= 11 is 0. The van der Waals surface area contributed by atoms with Crippen molar-refractivity contribution in [1.29, 1.82) is 0 Å². The first-order valence-electron chi connectivity index (χ1n) is 21.0. The van der Waals surface area contributed by atoms with Gasteiger partial charge in [0.25, 0.3) is 0 Å². The largest absolute Gasteiger partial charge is 0.356 e. The van der Waals surface area contributed by atoms with Crippen LogP contribution in [0.4, 0.5) is 0 Å². The topological polar surface area (TPSA) is 6.48 Å². The van der Waals surface area contributed by atoms with Gasteiger partial charge in [0.05, 0.1) is 0 Å². The molecule has 1 heterocycles. The van der Waals surface area contributed by atoms with Gasteiger partial charge >= 0.3 is 0 Å². The molecule has 0 aromatic rings. The zero-order valence-corrected chi connectivity index (χ0v) is 31.1. The van der Waals surface area contributed by atoms with Gasteiger partial charge in [-0.2, -0.15) is 0 Å². The van der Waals surface area contributed by atoms with Crippen LogP contribution in [-0.2, 0) is 0 Å². The van der Waals surface area contributed by atoms with Crippen molar-refractivity contribution in [3.05, 3.63) is 12.4 Å². The Morgan fingerprint density at radius 1 is 0.295 bits per heavy atom. The Hall–Kier alpha value is -0.660. The molecule has 0 radical (unpaired) electrons. The van der Waals surface area contributed by atoms with E-state index in [0.29, 0.717) is 6.17 Å². The highest BCUT2D eigenvalue weighted by molar-refractivity contribution is 4.97. The van der Waals surface area contributed by atoms with Crippen molar-refractivity contribution in [3.63, 3.8) is 0 Å². The minimum absolute atomic E-state index is 0.640. The summed E-state index contributed by atoms with van der Waals surface area (Å²) in [6.07, 6.45) is 54.4. The van der Waals surface area contributed by atoms with Gasteiger partial charge in [-0.15, -0.1) is 0 Å². The van der Waals surface area contributed by atoms with Crippen LogP contribution in [0.1, 0.15) is 239 Å². The van der Waals surface area contributed by atoms with Crippen LogP contribution in [0.5, 0.6) is 0 Å². The van der Waals surface area contributed by atoms with E-state index < -0.39 is 0 Å². The van der Waals surface area contributed by atoms with Gasteiger partial charge < -0.3 is 9.80 Å². The number of unbranched alkanes of at least 4 members (excludes halogenated alkanes) is 30. The molecule has 0 bridgehead atoms. The van der Waals surface area contributed by atoms with E-state index in [1.54, 1.807) is 0 Å². The molecule has 0 aromatic heterocycles. The van der Waals surface area contributed by atoms with Gasteiger partial charge in [0, 0.05) is 25.5 Å². The molecule has 0 saturated carbocycles. The molecule has 0 saturated heterocycles. The molecular formula is C42H84N2. The van der Waals surface area contributed by atoms with Gasteiger partial charge in [0.1, 0.15) is 6.17 Å². The maximum Gasteiger partial charge on any atom is 0.101 e. The molecule has 1 unspecified atom stereocenters. The van der Waals surface area contributed by atoms with E-state index in [9.17, 15) is 0 Å². The Morgan fingerprint density at radius 2 is 0.523 bits per heavy atom.